The molecule has 144 valence electrons. The van der Waals surface area contributed by atoms with E-state index >= 15 is 0 Å². The van der Waals surface area contributed by atoms with Crippen molar-refractivity contribution in [2.75, 3.05) is 5.32 Å². The summed E-state index contributed by atoms with van der Waals surface area (Å²) < 4.78 is 5.39. The Morgan fingerprint density at radius 1 is 0.966 bits per heavy atom. The second kappa shape index (κ2) is 8.93. The van der Waals surface area contributed by atoms with Gasteiger partial charge in [0.1, 0.15) is 0 Å². The van der Waals surface area contributed by atoms with Crippen LogP contribution in [0, 0.1) is 0 Å². The molecule has 0 radical (unpaired) electrons. The Morgan fingerprint density at radius 3 is 2.62 bits per heavy atom. The highest BCUT2D eigenvalue weighted by Crippen LogP contribution is 2.21. The van der Waals surface area contributed by atoms with Gasteiger partial charge in [-0.2, -0.15) is 4.98 Å². The second-order valence-electron chi connectivity index (χ2n) is 6.62. The molecule has 0 bridgehead atoms. The number of benzene rings is 2. The summed E-state index contributed by atoms with van der Waals surface area (Å²) in [5, 5.41) is 7.02. The van der Waals surface area contributed by atoms with E-state index in [0.717, 1.165) is 22.4 Å². The Kier molecular flexibility index (Phi) is 5.71. The van der Waals surface area contributed by atoms with Crippen molar-refractivity contribution in [3.63, 3.8) is 0 Å². The summed E-state index contributed by atoms with van der Waals surface area (Å²) in [7, 11) is 0. The van der Waals surface area contributed by atoms with E-state index in [9.17, 15) is 4.79 Å². The maximum atomic E-state index is 12.4. The molecule has 0 fully saturated rings. The van der Waals surface area contributed by atoms with E-state index in [1.165, 1.54) is 0 Å². The van der Waals surface area contributed by atoms with Gasteiger partial charge in [0.25, 0.3) is 0 Å². The van der Waals surface area contributed by atoms with Gasteiger partial charge in [0.2, 0.25) is 17.6 Å². The lowest BCUT2D eigenvalue weighted by molar-refractivity contribution is -0.116. The predicted molar refractivity (Wildman–Crippen MR) is 110 cm³/mol. The lowest BCUT2D eigenvalue weighted by Crippen LogP contribution is -2.13. The van der Waals surface area contributed by atoms with E-state index in [1.807, 2.05) is 66.7 Å². The molecule has 1 N–H and O–H groups in total. The first kappa shape index (κ1) is 18.6. The fraction of sp³-hybridized carbons (Fsp3) is 0.130. The van der Waals surface area contributed by atoms with Gasteiger partial charge < -0.3 is 9.84 Å². The molecule has 1 amide bonds. The van der Waals surface area contributed by atoms with Gasteiger partial charge in [-0.25, -0.2) is 0 Å². The number of hydrogen-bond donors (Lipinski definition) is 1. The molecule has 2 aromatic carbocycles. The highest BCUT2D eigenvalue weighted by atomic mass is 16.5. The monoisotopic (exact) mass is 384 g/mol. The first-order valence-corrected chi connectivity index (χ1v) is 9.42. The number of carbonyl (C=O) groups is 1. The molecule has 2 aromatic heterocycles. The van der Waals surface area contributed by atoms with Gasteiger partial charge >= 0.3 is 0 Å². The number of aromatic nitrogens is 3. The van der Waals surface area contributed by atoms with Crippen molar-refractivity contribution >= 4 is 11.6 Å². The number of carbonyl (C=O) groups excluding carboxylic acids is 1. The summed E-state index contributed by atoms with van der Waals surface area (Å²) in [6.07, 6.45) is 4.94. The number of nitrogens with one attached hydrogen (secondary N) is 1. The summed E-state index contributed by atoms with van der Waals surface area (Å²) in [5.74, 6) is 0.954. The van der Waals surface area contributed by atoms with Crippen molar-refractivity contribution in [2.45, 2.75) is 19.3 Å². The zero-order valence-electron chi connectivity index (χ0n) is 15.8. The van der Waals surface area contributed by atoms with Crippen LogP contribution in [-0.2, 0) is 17.6 Å². The third-order valence-electron chi connectivity index (χ3n) is 4.50. The van der Waals surface area contributed by atoms with Gasteiger partial charge in [0.05, 0.1) is 6.42 Å². The van der Waals surface area contributed by atoms with Crippen molar-refractivity contribution in [2.24, 2.45) is 0 Å². The van der Waals surface area contributed by atoms with Crippen molar-refractivity contribution in [1.82, 2.24) is 15.1 Å². The Morgan fingerprint density at radius 2 is 1.79 bits per heavy atom. The van der Waals surface area contributed by atoms with Gasteiger partial charge in [-0.1, -0.05) is 53.7 Å². The van der Waals surface area contributed by atoms with Gasteiger partial charge in [-0.15, -0.1) is 0 Å². The number of aryl methyl sites for hydroxylation is 1. The molecule has 6 heteroatoms. The molecule has 0 atom stereocenters. The Labute approximate surface area is 168 Å². The molecule has 0 spiro atoms. The number of nitrogens with zero attached hydrogens (tertiary/aromatic N) is 3. The molecule has 4 rings (SSSR count). The molecule has 0 aliphatic heterocycles. The van der Waals surface area contributed by atoms with Crippen molar-refractivity contribution in [3.8, 4) is 11.4 Å². The van der Waals surface area contributed by atoms with Crippen LogP contribution in [0.2, 0.25) is 0 Å². The van der Waals surface area contributed by atoms with Crippen LogP contribution in [-0.4, -0.2) is 21.0 Å². The van der Waals surface area contributed by atoms with E-state index in [4.69, 9.17) is 4.52 Å². The molecule has 29 heavy (non-hydrogen) atoms. The third-order valence-corrected chi connectivity index (χ3v) is 4.50. The maximum Gasteiger partial charge on any atom is 0.231 e. The van der Waals surface area contributed by atoms with E-state index in [1.54, 1.807) is 12.4 Å². The summed E-state index contributed by atoms with van der Waals surface area (Å²) in [6, 6.07) is 21.3. The van der Waals surface area contributed by atoms with Crippen LogP contribution in [0.1, 0.15) is 23.4 Å². The Balaban J connectivity index is 1.42. The van der Waals surface area contributed by atoms with Gasteiger partial charge in [0.15, 0.2) is 0 Å². The standard InChI is InChI=1S/C23H20N4O2/c28-21(13-12-17-7-2-1-3-8-17)25-20-11-5-4-9-18(20)15-22-26-23(27-29-22)19-10-6-14-24-16-19/h1-11,14,16H,12-13,15H2,(H,25,28). The smallest absolute Gasteiger partial charge is 0.231 e. The predicted octanol–water partition coefficient (Wildman–Crippen LogP) is 4.29. The molecular formula is C23H20N4O2. The van der Waals surface area contributed by atoms with Gasteiger partial charge in [-0.3, -0.25) is 9.78 Å². The molecule has 4 aromatic rings. The normalized spacial score (nSPS) is 10.6. The van der Waals surface area contributed by atoms with Gasteiger partial charge in [0, 0.05) is 30.1 Å². The maximum absolute atomic E-state index is 12.4. The van der Waals surface area contributed by atoms with Crippen LogP contribution in [0.3, 0.4) is 0 Å². The summed E-state index contributed by atoms with van der Waals surface area (Å²) in [4.78, 5) is 20.9. The molecule has 0 saturated heterocycles. The summed E-state index contributed by atoms with van der Waals surface area (Å²) in [5.41, 5.74) is 3.61. The average molecular weight is 384 g/mol. The molecule has 0 unspecified atom stereocenters. The van der Waals surface area contributed by atoms with E-state index in [-0.39, 0.29) is 5.91 Å². The fourth-order valence-electron chi connectivity index (χ4n) is 3.01. The first-order valence-electron chi connectivity index (χ1n) is 9.42. The highest BCUT2D eigenvalue weighted by Gasteiger charge is 2.13. The molecule has 6 nitrogen and oxygen atoms in total. The van der Waals surface area contributed by atoms with E-state index in [0.29, 0.717) is 31.0 Å². The largest absolute Gasteiger partial charge is 0.339 e. The molecule has 2 heterocycles. The van der Waals surface area contributed by atoms with E-state index < -0.39 is 0 Å². The Hall–Kier alpha value is -3.80. The first-order chi connectivity index (χ1) is 14.3. The quantitative estimate of drug-likeness (QED) is 0.514. The van der Waals surface area contributed by atoms with E-state index in [2.05, 4.69) is 20.4 Å². The third kappa shape index (κ3) is 4.93. The van der Waals surface area contributed by atoms with Crippen LogP contribution in [0.25, 0.3) is 11.4 Å². The lowest BCUT2D eigenvalue weighted by Gasteiger charge is -2.10. The summed E-state index contributed by atoms with van der Waals surface area (Å²) >= 11 is 0. The second-order valence-corrected chi connectivity index (χ2v) is 6.62. The molecular weight excluding hydrogens is 364 g/mol. The van der Waals surface area contributed by atoms with Crippen molar-refractivity contribution in [1.29, 1.82) is 0 Å². The average Bonchev–Trinajstić information content (AvgIpc) is 3.24. The number of rotatable bonds is 7. The zero-order chi connectivity index (χ0) is 19.9. The minimum absolute atomic E-state index is 0.0251. The van der Waals surface area contributed by atoms with Crippen LogP contribution in [0.5, 0.6) is 0 Å². The topological polar surface area (TPSA) is 80.9 Å². The SMILES string of the molecule is O=C(CCc1ccccc1)Nc1ccccc1Cc1nc(-c2cccnc2)no1. The fourth-order valence-corrected chi connectivity index (χ4v) is 3.01. The van der Waals surface area contributed by atoms with Crippen LogP contribution < -0.4 is 5.32 Å². The minimum Gasteiger partial charge on any atom is -0.339 e. The summed E-state index contributed by atoms with van der Waals surface area (Å²) in [6.45, 7) is 0. The molecule has 0 aliphatic carbocycles. The minimum atomic E-state index is -0.0251. The molecule has 0 saturated carbocycles. The number of hydrogen-bond acceptors (Lipinski definition) is 5. The Bertz CT molecular complexity index is 1080. The number of anilines is 1. The van der Waals surface area contributed by atoms with Crippen LogP contribution >= 0.6 is 0 Å². The zero-order valence-corrected chi connectivity index (χ0v) is 15.8. The van der Waals surface area contributed by atoms with Crippen molar-refractivity contribution in [3.05, 3.63) is 96.1 Å². The van der Waals surface area contributed by atoms with Crippen molar-refractivity contribution < 1.29 is 9.32 Å². The van der Waals surface area contributed by atoms with Gasteiger partial charge in [-0.05, 0) is 35.7 Å². The van der Waals surface area contributed by atoms with Crippen LogP contribution in [0.4, 0.5) is 5.69 Å². The van der Waals surface area contributed by atoms with Crippen LogP contribution in [0.15, 0.2) is 83.6 Å². The highest BCUT2D eigenvalue weighted by molar-refractivity contribution is 5.91. The molecule has 0 aliphatic rings. The number of amides is 1. The number of pyridine rings is 1. The number of para-hydroxylation sites is 1. The lowest BCUT2D eigenvalue weighted by atomic mass is 10.1.